The maximum absolute atomic E-state index is 12.4. The van der Waals surface area contributed by atoms with Crippen LogP contribution in [-0.2, 0) is 14.4 Å². The molecule has 12 heteroatoms. The fraction of sp³-hybridized carbons (Fsp3) is 0.444. The van der Waals surface area contributed by atoms with Crippen LogP contribution in [0.4, 0.5) is 0 Å². The summed E-state index contributed by atoms with van der Waals surface area (Å²) < 4.78 is 0. The molecule has 166 valence electrons. The molecule has 0 radical (unpaired) electrons. The number of carbonyl (C=O) groups is 4. The van der Waals surface area contributed by atoms with Crippen LogP contribution in [0.25, 0.3) is 0 Å². The summed E-state index contributed by atoms with van der Waals surface area (Å²) in [7, 11) is 0. The molecule has 0 heterocycles. The van der Waals surface area contributed by atoms with Crippen LogP contribution in [0.1, 0.15) is 37.0 Å². The van der Waals surface area contributed by atoms with Crippen LogP contribution in [0.5, 0.6) is 11.5 Å². The van der Waals surface area contributed by atoms with Gasteiger partial charge in [-0.2, -0.15) is 0 Å². The zero-order valence-electron chi connectivity index (χ0n) is 16.4. The standard InChI is InChI=1S/C18H25N3O9/c1-9(22)14(20-16(26)11-5-3-7-13(24)15(11)25)17(27)19-12(18(28)29)6-4-8-21(30)10(2)23/h3,5,7,9,12,14,22,24-25,30H,4,6,8H2,1-2H3,(H,19,27)(H,20,26)(H,28,29)/t9-,12+,14+/m1/s1. The molecule has 1 rings (SSSR count). The second-order valence-corrected chi connectivity index (χ2v) is 6.55. The summed E-state index contributed by atoms with van der Waals surface area (Å²) in [6, 6.07) is 0.629. The summed E-state index contributed by atoms with van der Waals surface area (Å²) in [5.41, 5.74) is -0.351. The van der Waals surface area contributed by atoms with E-state index in [2.05, 4.69) is 10.6 Å². The summed E-state index contributed by atoms with van der Waals surface area (Å²) in [6.07, 6.45) is -1.51. The Kier molecular flexibility index (Phi) is 9.02. The highest BCUT2D eigenvalue weighted by molar-refractivity contribution is 6.00. The van der Waals surface area contributed by atoms with E-state index in [4.69, 9.17) is 0 Å². The van der Waals surface area contributed by atoms with Gasteiger partial charge in [-0.15, -0.1) is 0 Å². The number of phenols is 2. The number of hydrogen-bond acceptors (Lipinski definition) is 8. The lowest BCUT2D eigenvalue weighted by atomic mass is 10.1. The average Bonchev–Trinajstić information content (AvgIpc) is 2.66. The van der Waals surface area contributed by atoms with Crippen LogP contribution in [-0.4, -0.2) is 79.1 Å². The molecule has 30 heavy (non-hydrogen) atoms. The van der Waals surface area contributed by atoms with E-state index in [1.54, 1.807) is 0 Å². The maximum atomic E-state index is 12.4. The summed E-state index contributed by atoms with van der Waals surface area (Å²) >= 11 is 0. The molecule has 7 N–H and O–H groups in total. The topological polar surface area (TPSA) is 197 Å². The molecule has 0 spiro atoms. The van der Waals surface area contributed by atoms with Crippen LogP contribution >= 0.6 is 0 Å². The Morgan fingerprint density at radius 1 is 1.13 bits per heavy atom. The Hall–Kier alpha value is -3.38. The van der Waals surface area contributed by atoms with E-state index in [-0.39, 0.29) is 24.9 Å². The second-order valence-electron chi connectivity index (χ2n) is 6.55. The van der Waals surface area contributed by atoms with Gasteiger partial charge in [0.15, 0.2) is 11.5 Å². The molecule has 0 aliphatic heterocycles. The summed E-state index contributed by atoms with van der Waals surface area (Å²) in [5.74, 6) is -5.28. The Labute approximate surface area is 171 Å². The largest absolute Gasteiger partial charge is 0.504 e. The fourth-order valence-electron chi connectivity index (χ4n) is 2.46. The molecule has 0 aliphatic carbocycles. The van der Waals surface area contributed by atoms with Crippen LogP contribution in [0.3, 0.4) is 0 Å². The number of amides is 3. The van der Waals surface area contributed by atoms with Crippen molar-refractivity contribution in [2.75, 3.05) is 6.54 Å². The normalized spacial score (nSPS) is 13.6. The number of nitrogens with zero attached hydrogens (tertiary/aromatic N) is 1. The van der Waals surface area contributed by atoms with Crippen molar-refractivity contribution in [3.8, 4) is 11.5 Å². The zero-order valence-corrected chi connectivity index (χ0v) is 16.4. The van der Waals surface area contributed by atoms with Crippen LogP contribution < -0.4 is 10.6 Å². The summed E-state index contributed by atoms with van der Waals surface area (Å²) in [6.45, 7) is 2.16. The summed E-state index contributed by atoms with van der Waals surface area (Å²) in [5, 5.41) is 52.4. The third-order valence-electron chi connectivity index (χ3n) is 4.15. The van der Waals surface area contributed by atoms with Crippen molar-refractivity contribution in [3.63, 3.8) is 0 Å². The Morgan fingerprint density at radius 3 is 2.30 bits per heavy atom. The number of aromatic hydroxyl groups is 2. The number of hydrogen-bond donors (Lipinski definition) is 7. The van der Waals surface area contributed by atoms with Crippen molar-refractivity contribution >= 4 is 23.7 Å². The zero-order chi connectivity index (χ0) is 23.0. The molecule has 0 unspecified atom stereocenters. The predicted molar refractivity (Wildman–Crippen MR) is 101 cm³/mol. The molecule has 0 aromatic heterocycles. The minimum Gasteiger partial charge on any atom is -0.504 e. The number of rotatable bonds is 10. The molecule has 0 saturated carbocycles. The van der Waals surface area contributed by atoms with Crippen molar-refractivity contribution < 1.29 is 44.8 Å². The highest BCUT2D eigenvalue weighted by Crippen LogP contribution is 2.28. The average molecular weight is 427 g/mol. The summed E-state index contributed by atoms with van der Waals surface area (Å²) in [4.78, 5) is 47.1. The van der Waals surface area contributed by atoms with Crippen LogP contribution in [0.2, 0.25) is 0 Å². The van der Waals surface area contributed by atoms with Crippen molar-refractivity contribution in [2.24, 2.45) is 0 Å². The molecule has 12 nitrogen and oxygen atoms in total. The number of nitrogens with one attached hydrogen (secondary N) is 2. The predicted octanol–water partition coefficient (Wildman–Crippen LogP) is -0.836. The first kappa shape index (κ1) is 24.7. The van der Waals surface area contributed by atoms with Gasteiger partial charge in [-0.25, -0.2) is 9.86 Å². The lowest BCUT2D eigenvalue weighted by Gasteiger charge is -2.24. The van der Waals surface area contributed by atoms with E-state index in [0.717, 1.165) is 13.0 Å². The van der Waals surface area contributed by atoms with Gasteiger partial charge in [0.2, 0.25) is 11.8 Å². The molecule has 3 amide bonds. The number of aliphatic carboxylic acids is 1. The molecule has 0 aliphatic rings. The van der Waals surface area contributed by atoms with Gasteiger partial charge in [0, 0.05) is 13.5 Å². The SMILES string of the molecule is CC(=O)N(O)CCC[C@H](NC(=O)[C@@H](NC(=O)c1cccc(O)c1O)[C@@H](C)O)C(=O)O. The molecule has 0 fully saturated rings. The number of aliphatic hydroxyl groups is 1. The molecule has 0 saturated heterocycles. The molecule has 0 bridgehead atoms. The number of carbonyl (C=O) groups excluding carboxylic acids is 3. The first-order valence-electron chi connectivity index (χ1n) is 8.95. The van der Waals surface area contributed by atoms with E-state index < -0.39 is 53.4 Å². The minimum atomic E-state index is -1.56. The lowest BCUT2D eigenvalue weighted by Crippen LogP contribution is -2.55. The first-order chi connectivity index (χ1) is 14.0. The van der Waals surface area contributed by atoms with E-state index in [1.807, 2.05) is 0 Å². The Balaban J connectivity index is 2.83. The van der Waals surface area contributed by atoms with Gasteiger partial charge in [0.25, 0.3) is 5.91 Å². The van der Waals surface area contributed by atoms with Crippen molar-refractivity contribution in [3.05, 3.63) is 23.8 Å². The highest BCUT2D eigenvalue weighted by Gasteiger charge is 2.30. The van der Waals surface area contributed by atoms with E-state index >= 15 is 0 Å². The van der Waals surface area contributed by atoms with Gasteiger partial charge < -0.3 is 31.1 Å². The van der Waals surface area contributed by atoms with Gasteiger partial charge in [-0.05, 0) is 31.9 Å². The van der Waals surface area contributed by atoms with Crippen LogP contribution in [0, 0.1) is 0 Å². The molecule has 1 aromatic carbocycles. The number of carboxylic acids is 1. The van der Waals surface area contributed by atoms with Gasteiger partial charge in [0.1, 0.15) is 12.1 Å². The third kappa shape index (κ3) is 6.90. The van der Waals surface area contributed by atoms with E-state index in [1.165, 1.54) is 19.1 Å². The number of benzene rings is 1. The van der Waals surface area contributed by atoms with Gasteiger partial charge in [-0.3, -0.25) is 19.6 Å². The van der Waals surface area contributed by atoms with E-state index in [0.29, 0.717) is 5.06 Å². The number of hydroxylamine groups is 2. The van der Waals surface area contributed by atoms with Crippen LogP contribution in [0.15, 0.2) is 18.2 Å². The number of aliphatic hydroxyl groups excluding tert-OH is 1. The Bertz CT molecular complexity index is 797. The van der Waals surface area contributed by atoms with Crippen molar-refractivity contribution in [1.29, 1.82) is 0 Å². The van der Waals surface area contributed by atoms with E-state index in [9.17, 15) is 44.8 Å². The van der Waals surface area contributed by atoms with Crippen molar-refractivity contribution in [2.45, 2.75) is 44.9 Å². The lowest BCUT2D eigenvalue weighted by molar-refractivity contribution is -0.163. The van der Waals surface area contributed by atoms with Gasteiger partial charge >= 0.3 is 5.97 Å². The quantitative estimate of drug-likeness (QED) is 0.141. The molecular weight excluding hydrogens is 402 g/mol. The number of carboxylic acid groups (broad SMARTS) is 1. The number of phenolic OH excluding ortho intramolecular Hbond substituents is 2. The maximum Gasteiger partial charge on any atom is 0.326 e. The molecular formula is C18H25N3O9. The number of para-hydroxylation sites is 1. The Morgan fingerprint density at radius 2 is 1.77 bits per heavy atom. The minimum absolute atomic E-state index is 0.0518. The van der Waals surface area contributed by atoms with Crippen molar-refractivity contribution in [1.82, 2.24) is 15.7 Å². The molecule has 1 aromatic rings. The van der Waals surface area contributed by atoms with Gasteiger partial charge in [-0.1, -0.05) is 6.07 Å². The second kappa shape index (κ2) is 11.0. The monoisotopic (exact) mass is 427 g/mol. The smallest absolute Gasteiger partial charge is 0.326 e. The first-order valence-corrected chi connectivity index (χ1v) is 8.95. The highest BCUT2D eigenvalue weighted by atomic mass is 16.5. The molecule has 3 atom stereocenters. The third-order valence-corrected chi connectivity index (χ3v) is 4.15. The fourth-order valence-corrected chi connectivity index (χ4v) is 2.46. The van der Waals surface area contributed by atoms with Gasteiger partial charge in [0.05, 0.1) is 11.7 Å².